The molecule has 0 radical (unpaired) electrons. The highest BCUT2D eigenvalue weighted by molar-refractivity contribution is 5.82. The van der Waals surface area contributed by atoms with Crippen LogP contribution in [-0.2, 0) is 7.05 Å². The Hall–Kier alpha value is -3.86. The van der Waals surface area contributed by atoms with E-state index in [-0.39, 0.29) is 5.56 Å². The molecular weight excluding hydrogens is 362 g/mol. The van der Waals surface area contributed by atoms with Gasteiger partial charge in [0.2, 0.25) is 0 Å². The summed E-state index contributed by atoms with van der Waals surface area (Å²) in [5.41, 5.74) is 2.73. The summed E-state index contributed by atoms with van der Waals surface area (Å²) >= 11 is 0. The van der Waals surface area contributed by atoms with Gasteiger partial charge >= 0.3 is 0 Å². The second-order valence-electron chi connectivity index (χ2n) is 6.66. The second kappa shape index (κ2) is 8.02. The molecule has 0 spiro atoms. The van der Waals surface area contributed by atoms with Crippen LogP contribution in [-0.4, -0.2) is 15.6 Å². The van der Waals surface area contributed by atoms with Crippen LogP contribution in [0.3, 0.4) is 0 Å². The fourth-order valence-electron chi connectivity index (χ4n) is 3.12. The zero-order chi connectivity index (χ0) is 20.2. The summed E-state index contributed by atoms with van der Waals surface area (Å²) in [6, 6.07) is 26.8. The van der Waals surface area contributed by atoms with E-state index in [1.54, 1.807) is 10.9 Å². The van der Waals surface area contributed by atoms with Crippen LogP contribution in [0.4, 0.5) is 5.69 Å². The Labute approximate surface area is 169 Å². The van der Waals surface area contributed by atoms with Crippen LogP contribution in [0, 0.1) is 6.92 Å². The first kappa shape index (κ1) is 18.5. The van der Waals surface area contributed by atoms with Crippen molar-refractivity contribution < 1.29 is 4.74 Å². The molecule has 5 nitrogen and oxygen atoms in total. The molecule has 4 aromatic rings. The number of hydrogen-bond acceptors (Lipinski definition) is 3. The maximum Gasteiger partial charge on any atom is 0.297 e. The van der Waals surface area contributed by atoms with Gasteiger partial charge in [-0.25, -0.2) is 9.67 Å². The quantitative estimate of drug-likeness (QED) is 0.454. The lowest BCUT2D eigenvalue weighted by atomic mass is 10.2. The van der Waals surface area contributed by atoms with Gasteiger partial charge in [0.15, 0.2) is 5.69 Å². The van der Waals surface area contributed by atoms with Gasteiger partial charge in [0.1, 0.15) is 11.5 Å². The first-order chi connectivity index (χ1) is 14.1. The van der Waals surface area contributed by atoms with E-state index in [2.05, 4.69) is 4.99 Å². The van der Waals surface area contributed by atoms with E-state index in [1.165, 1.54) is 0 Å². The molecule has 0 saturated heterocycles. The Kier molecular flexibility index (Phi) is 5.12. The van der Waals surface area contributed by atoms with E-state index >= 15 is 0 Å². The summed E-state index contributed by atoms with van der Waals surface area (Å²) in [7, 11) is 1.86. The molecule has 0 fully saturated rings. The van der Waals surface area contributed by atoms with Gasteiger partial charge in [-0.2, -0.15) is 0 Å². The lowest BCUT2D eigenvalue weighted by Crippen LogP contribution is -2.19. The molecule has 5 heteroatoms. The lowest BCUT2D eigenvalue weighted by molar-refractivity contribution is 0.482. The summed E-state index contributed by atoms with van der Waals surface area (Å²) < 4.78 is 9.31. The molecule has 0 bridgehead atoms. The third-order valence-electron chi connectivity index (χ3n) is 4.70. The minimum absolute atomic E-state index is 0.149. The summed E-state index contributed by atoms with van der Waals surface area (Å²) in [4.78, 5) is 17.4. The normalized spacial score (nSPS) is 11.1. The highest BCUT2D eigenvalue weighted by Gasteiger charge is 2.14. The number of nitrogens with zero attached hydrogens (tertiary/aromatic N) is 3. The molecule has 4 rings (SSSR count). The van der Waals surface area contributed by atoms with Crippen LogP contribution in [0.1, 0.15) is 11.3 Å². The smallest absolute Gasteiger partial charge is 0.297 e. The largest absolute Gasteiger partial charge is 0.457 e. The third-order valence-corrected chi connectivity index (χ3v) is 4.70. The van der Waals surface area contributed by atoms with Crippen LogP contribution in [0.2, 0.25) is 0 Å². The number of rotatable bonds is 5. The van der Waals surface area contributed by atoms with E-state index in [0.29, 0.717) is 11.4 Å². The summed E-state index contributed by atoms with van der Waals surface area (Å²) in [5.74, 6) is 1.48. The van der Waals surface area contributed by atoms with E-state index in [1.807, 2.05) is 104 Å². The monoisotopic (exact) mass is 383 g/mol. The van der Waals surface area contributed by atoms with Crippen molar-refractivity contribution in [2.45, 2.75) is 6.92 Å². The lowest BCUT2D eigenvalue weighted by Gasteiger charge is -2.07. The SMILES string of the molecule is Cc1c(N=Cc2cccc(Oc3ccccc3)c2)c(=O)n(-c2ccccc2)n1C. The number of aromatic nitrogens is 2. The van der Waals surface area contributed by atoms with Crippen LogP contribution in [0.25, 0.3) is 5.69 Å². The molecule has 0 aliphatic heterocycles. The number of ether oxygens (including phenoxy) is 1. The predicted molar refractivity (Wildman–Crippen MR) is 116 cm³/mol. The van der Waals surface area contributed by atoms with Gasteiger partial charge in [0.05, 0.1) is 11.4 Å². The molecule has 0 saturated carbocycles. The van der Waals surface area contributed by atoms with Gasteiger partial charge in [-0.15, -0.1) is 0 Å². The summed E-state index contributed by atoms with van der Waals surface area (Å²) in [5, 5.41) is 0. The fraction of sp³-hybridized carbons (Fsp3) is 0.0833. The first-order valence-corrected chi connectivity index (χ1v) is 9.34. The molecule has 1 aromatic heterocycles. The number of benzene rings is 3. The summed E-state index contributed by atoms with van der Waals surface area (Å²) in [6.07, 6.45) is 1.69. The van der Waals surface area contributed by atoms with Crippen LogP contribution in [0.5, 0.6) is 11.5 Å². The highest BCUT2D eigenvalue weighted by Crippen LogP contribution is 2.22. The summed E-state index contributed by atoms with van der Waals surface area (Å²) in [6.45, 7) is 1.89. The van der Waals surface area contributed by atoms with Crippen molar-refractivity contribution in [1.82, 2.24) is 9.36 Å². The van der Waals surface area contributed by atoms with Crippen molar-refractivity contribution >= 4 is 11.9 Å². The van der Waals surface area contributed by atoms with Crippen molar-refractivity contribution in [3.63, 3.8) is 0 Å². The number of para-hydroxylation sites is 2. The topological polar surface area (TPSA) is 48.5 Å². The average Bonchev–Trinajstić information content (AvgIpc) is 2.96. The molecule has 0 N–H and O–H groups in total. The molecular formula is C24H21N3O2. The second-order valence-corrected chi connectivity index (χ2v) is 6.66. The molecule has 29 heavy (non-hydrogen) atoms. The van der Waals surface area contributed by atoms with Crippen LogP contribution < -0.4 is 10.3 Å². The minimum Gasteiger partial charge on any atom is -0.457 e. The van der Waals surface area contributed by atoms with Gasteiger partial charge in [0.25, 0.3) is 5.56 Å². The Morgan fingerprint density at radius 3 is 2.24 bits per heavy atom. The number of hydrogen-bond donors (Lipinski definition) is 0. The van der Waals surface area contributed by atoms with Crippen molar-refractivity contribution in [3.8, 4) is 17.2 Å². The molecule has 1 heterocycles. The van der Waals surface area contributed by atoms with Crippen molar-refractivity contribution in [3.05, 3.63) is 107 Å². The molecule has 3 aromatic carbocycles. The molecule has 0 aliphatic carbocycles. The molecule has 0 amide bonds. The molecule has 0 unspecified atom stereocenters. The van der Waals surface area contributed by atoms with Crippen molar-refractivity contribution in [1.29, 1.82) is 0 Å². The maximum atomic E-state index is 12.9. The Balaban J connectivity index is 1.63. The Bertz CT molecular complexity index is 1210. The number of aliphatic imine (C=N–C) groups is 1. The van der Waals surface area contributed by atoms with E-state index in [9.17, 15) is 4.79 Å². The maximum absolute atomic E-state index is 12.9. The Morgan fingerprint density at radius 1 is 0.862 bits per heavy atom. The van der Waals surface area contributed by atoms with E-state index in [0.717, 1.165) is 22.7 Å². The highest BCUT2D eigenvalue weighted by atomic mass is 16.5. The zero-order valence-electron chi connectivity index (χ0n) is 16.3. The Morgan fingerprint density at radius 2 is 1.52 bits per heavy atom. The van der Waals surface area contributed by atoms with Gasteiger partial charge in [-0.1, -0.05) is 48.5 Å². The van der Waals surface area contributed by atoms with Gasteiger partial charge in [0, 0.05) is 13.3 Å². The first-order valence-electron chi connectivity index (χ1n) is 9.34. The molecule has 144 valence electrons. The van der Waals surface area contributed by atoms with Crippen LogP contribution >= 0.6 is 0 Å². The molecule has 0 atom stereocenters. The van der Waals surface area contributed by atoms with Crippen molar-refractivity contribution in [2.75, 3.05) is 0 Å². The van der Waals surface area contributed by atoms with Crippen molar-refractivity contribution in [2.24, 2.45) is 12.0 Å². The standard InChI is InChI=1S/C24H21N3O2/c1-18-23(24(28)27(26(18)2)20-11-5-3-6-12-20)25-17-19-10-9-15-22(16-19)29-21-13-7-4-8-14-21/h3-17H,1-2H3. The molecule has 0 aliphatic rings. The van der Waals surface area contributed by atoms with Gasteiger partial charge in [-0.3, -0.25) is 9.48 Å². The average molecular weight is 383 g/mol. The minimum atomic E-state index is -0.149. The van der Waals surface area contributed by atoms with Gasteiger partial charge in [-0.05, 0) is 48.9 Å². The van der Waals surface area contributed by atoms with E-state index in [4.69, 9.17) is 4.74 Å². The van der Waals surface area contributed by atoms with Crippen LogP contribution in [0.15, 0.2) is 94.7 Å². The van der Waals surface area contributed by atoms with Gasteiger partial charge < -0.3 is 4.74 Å². The van der Waals surface area contributed by atoms with E-state index < -0.39 is 0 Å². The fourth-order valence-corrected chi connectivity index (χ4v) is 3.12. The third kappa shape index (κ3) is 3.89. The zero-order valence-corrected chi connectivity index (χ0v) is 16.3. The predicted octanol–water partition coefficient (Wildman–Crippen LogP) is 5.03.